The topological polar surface area (TPSA) is 71.6 Å². The van der Waals surface area contributed by atoms with Gasteiger partial charge in [-0.15, -0.1) is 5.11 Å². The molecule has 0 saturated heterocycles. The Morgan fingerprint density at radius 2 is 2.64 bits per heavy atom. The molecule has 0 bridgehead atoms. The standard InChI is InChI=1S/C5H7N5O/c1-10-3-6-2-5(10)8-9-7-4-11/h2-4H,1H3,(H,7,8,11). The number of amides is 1. The summed E-state index contributed by atoms with van der Waals surface area (Å²) in [5.41, 5.74) is 2.05. The summed E-state index contributed by atoms with van der Waals surface area (Å²) < 4.78 is 1.68. The van der Waals surface area contributed by atoms with Crippen LogP contribution in [0.15, 0.2) is 22.9 Å². The Labute approximate surface area is 62.9 Å². The number of nitrogens with one attached hydrogen (secondary N) is 1. The van der Waals surface area contributed by atoms with Crippen molar-refractivity contribution in [2.75, 3.05) is 0 Å². The van der Waals surface area contributed by atoms with Crippen molar-refractivity contribution in [2.24, 2.45) is 17.4 Å². The molecule has 1 N–H and O–H groups in total. The van der Waals surface area contributed by atoms with Gasteiger partial charge in [0, 0.05) is 7.05 Å². The van der Waals surface area contributed by atoms with Crippen molar-refractivity contribution in [3.8, 4) is 0 Å². The Bertz CT molecular complexity index is 266. The van der Waals surface area contributed by atoms with E-state index >= 15 is 0 Å². The highest BCUT2D eigenvalue weighted by molar-refractivity contribution is 5.44. The SMILES string of the molecule is Cn1cncc1/N=N\NC=O. The molecule has 1 aromatic heterocycles. The largest absolute Gasteiger partial charge is 0.317 e. The fraction of sp³-hybridized carbons (Fsp3) is 0.200. The smallest absolute Gasteiger partial charge is 0.228 e. The van der Waals surface area contributed by atoms with Gasteiger partial charge in [-0.3, -0.25) is 4.79 Å². The van der Waals surface area contributed by atoms with Gasteiger partial charge < -0.3 is 4.57 Å². The van der Waals surface area contributed by atoms with E-state index in [1.54, 1.807) is 17.9 Å². The lowest BCUT2D eigenvalue weighted by Gasteiger charge is -1.89. The summed E-state index contributed by atoms with van der Waals surface area (Å²) >= 11 is 0. The third-order valence-corrected chi connectivity index (χ3v) is 1.05. The van der Waals surface area contributed by atoms with Crippen LogP contribution in [0.2, 0.25) is 0 Å². The Morgan fingerprint density at radius 3 is 3.18 bits per heavy atom. The third-order valence-electron chi connectivity index (χ3n) is 1.05. The number of carbonyl (C=O) groups is 1. The van der Waals surface area contributed by atoms with E-state index in [0.29, 0.717) is 12.2 Å². The lowest BCUT2D eigenvalue weighted by molar-refractivity contribution is -0.109. The Hall–Kier alpha value is -1.72. The molecule has 0 fully saturated rings. The predicted octanol–water partition coefficient (Wildman–Crippen LogP) is 0.165. The van der Waals surface area contributed by atoms with Gasteiger partial charge in [0.2, 0.25) is 6.41 Å². The van der Waals surface area contributed by atoms with Crippen molar-refractivity contribution in [3.05, 3.63) is 12.5 Å². The minimum Gasteiger partial charge on any atom is -0.317 e. The maximum atomic E-state index is 9.73. The monoisotopic (exact) mass is 153 g/mol. The molecule has 1 heterocycles. The zero-order chi connectivity index (χ0) is 8.10. The van der Waals surface area contributed by atoms with Crippen LogP contribution in [-0.2, 0) is 11.8 Å². The molecule has 1 aromatic rings. The molecule has 0 spiro atoms. The summed E-state index contributed by atoms with van der Waals surface area (Å²) in [5.74, 6) is 0.583. The van der Waals surface area contributed by atoms with Crippen LogP contribution < -0.4 is 5.43 Å². The number of aryl methyl sites for hydroxylation is 1. The van der Waals surface area contributed by atoms with E-state index in [0.717, 1.165) is 0 Å². The summed E-state index contributed by atoms with van der Waals surface area (Å²) in [6.07, 6.45) is 3.57. The molecule has 0 aliphatic carbocycles. The summed E-state index contributed by atoms with van der Waals surface area (Å²) in [4.78, 5) is 13.5. The van der Waals surface area contributed by atoms with Gasteiger partial charge >= 0.3 is 0 Å². The van der Waals surface area contributed by atoms with E-state index in [1.807, 2.05) is 0 Å². The minimum atomic E-state index is 0.444. The number of hydrogen-bond donors (Lipinski definition) is 1. The van der Waals surface area contributed by atoms with Gasteiger partial charge in [-0.1, -0.05) is 5.22 Å². The molecule has 0 saturated carbocycles. The molecule has 58 valence electrons. The Morgan fingerprint density at radius 1 is 1.82 bits per heavy atom. The van der Waals surface area contributed by atoms with Crippen LogP contribution in [0.1, 0.15) is 0 Å². The second kappa shape index (κ2) is 3.45. The summed E-state index contributed by atoms with van der Waals surface area (Å²) in [6, 6.07) is 0. The van der Waals surface area contributed by atoms with Crippen LogP contribution in [0.5, 0.6) is 0 Å². The highest BCUT2D eigenvalue weighted by atomic mass is 16.1. The lowest BCUT2D eigenvalue weighted by Crippen LogP contribution is -1.97. The van der Waals surface area contributed by atoms with E-state index in [4.69, 9.17) is 0 Å². The first-order valence-electron chi connectivity index (χ1n) is 2.91. The molecule has 6 heteroatoms. The van der Waals surface area contributed by atoms with E-state index in [2.05, 4.69) is 20.7 Å². The van der Waals surface area contributed by atoms with Gasteiger partial charge in [0.15, 0.2) is 5.82 Å². The van der Waals surface area contributed by atoms with E-state index in [1.165, 1.54) is 6.20 Å². The fourth-order valence-electron chi connectivity index (χ4n) is 0.550. The average Bonchev–Trinajstić information content (AvgIpc) is 2.37. The first-order valence-corrected chi connectivity index (χ1v) is 2.91. The van der Waals surface area contributed by atoms with Gasteiger partial charge in [-0.25, -0.2) is 10.4 Å². The third kappa shape index (κ3) is 1.85. The zero-order valence-corrected chi connectivity index (χ0v) is 5.93. The van der Waals surface area contributed by atoms with Gasteiger partial charge in [-0.2, -0.15) is 0 Å². The maximum absolute atomic E-state index is 9.73. The Kier molecular flexibility index (Phi) is 2.32. The molecule has 1 amide bonds. The van der Waals surface area contributed by atoms with E-state index in [9.17, 15) is 4.79 Å². The van der Waals surface area contributed by atoms with Crippen LogP contribution in [0.3, 0.4) is 0 Å². The van der Waals surface area contributed by atoms with Crippen LogP contribution in [-0.4, -0.2) is 16.0 Å². The zero-order valence-electron chi connectivity index (χ0n) is 5.93. The van der Waals surface area contributed by atoms with Crippen LogP contribution in [0.25, 0.3) is 0 Å². The fourth-order valence-corrected chi connectivity index (χ4v) is 0.550. The number of rotatable bonds is 3. The molecule has 0 aliphatic rings. The molecule has 1 rings (SSSR count). The van der Waals surface area contributed by atoms with Crippen molar-refractivity contribution in [3.63, 3.8) is 0 Å². The molecule has 0 aliphatic heterocycles. The first-order chi connectivity index (χ1) is 5.34. The normalized spacial score (nSPS) is 10.3. The molecule has 0 atom stereocenters. The highest BCUT2D eigenvalue weighted by Crippen LogP contribution is 2.07. The van der Waals surface area contributed by atoms with Gasteiger partial charge in [0.1, 0.15) is 0 Å². The number of carbonyl (C=O) groups excluding carboxylic acids is 1. The van der Waals surface area contributed by atoms with E-state index in [-0.39, 0.29) is 0 Å². The Balaban J connectivity index is 2.63. The lowest BCUT2D eigenvalue weighted by atomic mass is 10.8. The second-order valence-corrected chi connectivity index (χ2v) is 1.81. The van der Waals surface area contributed by atoms with Crippen molar-refractivity contribution in [2.45, 2.75) is 0 Å². The van der Waals surface area contributed by atoms with E-state index < -0.39 is 0 Å². The molecule has 0 radical (unpaired) electrons. The second-order valence-electron chi connectivity index (χ2n) is 1.81. The molecule has 0 aromatic carbocycles. The molecule has 11 heavy (non-hydrogen) atoms. The average molecular weight is 153 g/mol. The summed E-state index contributed by atoms with van der Waals surface area (Å²) in [7, 11) is 1.78. The van der Waals surface area contributed by atoms with Crippen LogP contribution in [0.4, 0.5) is 5.82 Å². The van der Waals surface area contributed by atoms with Crippen molar-refractivity contribution < 1.29 is 4.79 Å². The molecular formula is C5H7N5O. The highest BCUT2D eigenvalue weighted by Gasteiger charge is 1.92. The molecular weight excluding hydrogens is 146 g/mol. The minimum absolute atomic E-state index is 0.444. The number of hydrogen-bond acceptors (Lipinski definition) is 4. The summed E-state index contributed by atoms with van der Waals surface area (Å²) in [6.45, 7) is 0. The van der Waals surface area contributed by atoms with Crippen molar-refractivity contribution in [1.82, 2.24) is 15.0 Å². The van der Waals surface area contributed by atoms with Crippen LogP contribution >= 0.6 is 0 Å². The van der Waals surface area contributed by atoms with Gasteiger partial charge in [0.05, 0.1) is 12.5 Å². The molecule has 6 nitrogen and oxygen atoms in total. The first kappa shape index (κ1) is 7.39. The number of imidazole rings is 1. The summed E-state index contributed by atoms with van der Waals surface area (Å²) in [5, 5.41) is 6.98. The number of nitrogens with zero attached hydrogens (tertiary/aromatic N) is 4. The number of aromatic nitrogens is 2. The van der Waals surface area contributed by atoms with Gasteiger partial charge in [0.25, 0.3) is 0 Å². The quantitative estimate of drug-likeness (QED) is 0.382. The van der Waals surface area contributed by atoms with Crippen molar-refractivity contribution in [1.29, 1.82) is 0 Å². The maximum Gasteiger partial charge on any atom is 0.228 e. The predicted molar refractivity (Wildman–Crippen MR) is 36.9 cm³/mol. The molecule has 0 unspecified atom stereocenters. The van der Waals surface area contributed by atoms with Crippen molar-refractivity contribution >= 4 is 12.2 Å². The van der Waals surface area contributed by atoms with Gasteiger partial charge in [-0.05, 0) is 0 Å². The van der Waals surface area contributed by atoms with Crippen LogP contribution in [0, 0.1) is 0 Å².